The van der Waals surface area contributed by atoms with Crippen LogP contribution >= 0.6 is 11.6 Å². The Morgan fingerprint density at radius 1 is 0.963 bits per heavy atom. The molecule has 0 fully saturated rings. The zero-order valence-electron chi connectivity index (χ0n) is 15.8. The minimum Gasteiger partial charge on any atom is -0.372 e. The van der Waals surface area contributed by atoms with E-state index in [0.29, 0.717) is 11.0 Å². The second kappa shape index (κ2) is 8.73. The molecule has 3 rings (SSSR count). The molecular weight excluding hydrogens is 358 g/mol. The lowest BCUT2D eigenvalue weighted by Crippen LogP contribution is -2.21. The highest BCUT2D eigenvalue weighted by Gasteiger charge is 2.07. The van der Waals surface area contributed by atoms with Gasteiger partial charge in [0.05, 0.1) is 0 Å². The van der Waals surface area contributed by atoms with Crippen LogP contribution in [0.3, 0.4) is 0 Å². The van der Waals surface area contributed by atoms with E-state index in [9.17, 15) is 0 Å². The molecule has 0 saturated carbocycles. The molecule has 5 nitrogen and oxygen atoms in total. The van der Waals surface area contributed by atoms with Gasteiger partial charge in [-0.25, -0.2) is 4.98 Å². The van der Waals surface area contributed by atoms with Crippen molar-refractivity contribution in [2.75, 3.05) is 28.6 Å². The molecule has 0 aliphatic carbocycles. The van der Waals surface area contributed by atoms with E-state index in [0.717, 1.165) is 30.3 Å². The fourth-order valence-corrected chi connectivity index (χ4v) is 2.99. The Kier molecular flexibility index (Phi) is 6.14. The van der Waals surface area contributed by atoms with Gasteiger partial charge >= 0.3 is 0 Å². The Bertz CT molecular complexity index is 891. The third kappa shape index (κ3) is 4.89. The van der Waals surface area contributed by atoms with Crippen molar-refractivity contribution in [1.29, 1.82) is 0 Å². The van der Waals surface area contributed by atoms with Gasteiger partial charge < -0.3 is 15.5 Å². The number of nitrogens with zero attached hydrogens (tertiary/aromatic N) is 3. The largest absolute Gasteiger partial charge is 0.372 e. The lowest BCUT2D eigenvalue weighted by Gasteiger charge is -2.22. The molecule has 0 spiro atoms. The molecule has 0 bridgehead atoms. The van der Waals surface area contributed by atoms with E-state index in [-0.39, 0.29) is 0 Å². The second-order valence-electron chi connectivity index (χ2n) is 6.19. The first-order chi connectivity index (χ1) is 13.1. The number of rotatable bonds is 7. The van der Waals surface area contributed by atoms with Crippen LogP contribution in [0.25, 0.3) is 0 Å². The summed E-state index contributed by atoms with van der Waals surface area (Å²) in [4.78, 5) is 11.1. The van der Waals surface area contributed by atoms with Gasteiger partial charge in [-0.1, -0.05) is 11.6 Å². The standard InChI is InChI=1S/C21H24ClN5/c1-4-27(5-2)18-10-11-19(15(3)14-18)25-20-12-13-23-21(26-20)24-17-8-6-16(22)7-9-17/h6-14H,4-5H2,1-3H3,(H2,23,24,25,26). The Hall–Kier alpha value is -2.79. The molecule has 0 unspecified atom stereocenters. The third-order valence-corrected chi connectivity index (χ3v) is 4.61. The van der Waals surface area contributed by atoms with E-state index in [2.05, 4.69) is 64.5 Å². The summed E-state index contributed by atoms with van der Waals surface area (Å²) in [6.07, 6.45) is 1.73. The van der Waals surface area contributed by atoms with Crippen LogP contribution in [-0.4, -0.2) is 23.1 Å². The molecule has 1 aromatic heterocycles. The average molecular weight is 382 g/mol. The van der Waals surface area contributed by atoms with Crippen molar-refractivity contribution in [3.63, 3.8) is 0 Å². The molecule has 6 heteroatoms. The Balaban J connectivity index is 1.75. The quantitative estimate of drug-likeness (QED) is 0.544. The van der Waals surface area contributed by atoms with Gasteiger partial charge in [0.15, 0.2) is 0 Å². The Morgan fingerprint density at radius 2 is 1.70 bits per heavy atom. The van der Waals surface area contributed by atoms with Crippen LogP contribution in [0.15, 0.2) is 54.7 Å². The number of anilines is 5. The van der Waals surface area contributed by atoms with Crippen LogP contribution in [0.1, 0.15) is 19.4 Å². The molecule has 0 radical (unpaired) electrons. The molecule has 0 atom stereocenters. The molecule has 0 aliphatic heterocycles. The maximum atomic E-state index is 5.92. The molecule has 27 heavy (non-hydrogen) atoms. The van der Waals surface area contributed by atoms with Gasteiger partial charge in [0.25, 0.3) is 0 Å². The summed E-state index contributed by atoms with van der Waals surface area (Å²) in [5.41, 5.74) is 4.32. The Morgan fingerprint density at radius 3 is 2.37 bits per heavy atom. The third-order valence-electron chi connectivity index (χ3n) is 4.36. The molecular formula is C21H24ClN5. The van der Waals surface area contributed by atoms with Crippen LogP contribution in [0.4, 0.5) is 28.8 Å². The topological polar surface area (TPSA) is 53.1 Å². The van der Waals surface area contributed by atoms with Gasteiger partial charge in [-0.3, -0.25) is 0 Å². The predicted octanol–water partition coefficient (Wildman–Crippen LogP) is 5.77. The van der Waals surface area contributed by atoms with Crippen molar-refractivity contribution < 1.29 is 0 Å². The summed E-state index contributed by atoms with van der Waals surface area (Å²) in [6, 6.07) is 15.7. The summed E-state index contributed by atoms with van der Waals surface area (Å²) in [6.45, 7) is 8.42. The van der Waals surface area contributed by atoms with Crippen molar-refractivity contribution in [3.05, 3.63) is 65.3 Å². The van der Waals surface area contributed by atoms with E-state index in [1.807, 2.05) is 30.3 Å². The van der Waals surface area contributed by atoms with Crippen LogP contribution < -0.4 is 15.5 Å². The summed E-state index contributed by atoms with van der Waals surface area (Å²) < 4.78 is 0. The number of benzene rings is 2. The fraction of sp³-hybridized carbons (Fsp3) is 0.238. The molecule has 2 aromatic carbocycles. The number of hydrogen-bond acceptors (Lipinski definition) is 5. The average Bonchev–Trinajstić information content (AvgIpc) is 2.67. The van der Waals surface area contributed by atoms with E-state index >= 15 is 0 Å². The fourth-order valence-electron chi connectivity index (χ4n) is 2.86. The van der Waals surface area contributed by atoms with E-state index in [4.69, 9.17) is 11.6 Å². The molecule has 2 N–H and O–H groups in total. The van der Waals surface area contributed by atoms with Gasteiger partial charge in [0.1, 0.15) is 5.82 Å². The van der Waals surface area contributed by atoms with E-state index in [1.165, 1.54) is 11.3 Å². The van der Waals surface area contributed by atoms with Gasteiger partial charge in [0.2, 0.25) is 5.95 Å². The van der Waals surface area contributed by atoms with Gasteiger partial charge in [-0.15, -0.1) is 0 Å². The minimum atomic E-state index is 0.528. The number of nitrogens with one attached hydrogen (secondary N) is 2. The maximum absolute atomic E-state index is 5.92. The second-order valence-corrected chi connectivity index (χ2v) is 6.63. The summed E-state index contributed by atoms with van der Waals surface area (Å²) in [7, 11) is 0. The lowest BCUT2D eigenvalue weighted by molar-refractivity contribution is 0.866. The highest BCUT2D eigenvalue weighted by Crippen LogP contribution is 2.25. The molecule has 0 saturated heterocycles. The van der Waals surface area contributed by atoms with E-state index < -0.39 is 0 Å². The predicted molar refractivity (Wildman–Crippen MR) is 115 cm³/mol. The van der Waals surface area contributed by atoms with Crippen LogP contribution in [0.2, 0.25) is 5.02 Å². The van der Waals surface area contributed by atoms with Crippen molar-refractivity contribution in [3.8, 4) is 0 Å². The molecule has 0 amide bonds. The first-order valence-corrected chi connectivity index (χ1v) is 9.45. The highest BCUT2D eigenvalue weighted by atomic mass is 35.5. The zero-order valence-corrected chi connectivity index (χ0v) is 16.6. The van der Waals surface area contributed by atoms with Gasteiger partial charge in [0, 0.05) is 41.4 Å². The summed E-state index contributed by atoms with van der Waals surface area (Å²) in [5.74, 6) is 1.26. The van der Waals surface area contributed by atoms with Crippen molar-refractivity contribution in [1.82, 2.24) is 9.97 Å². The molecule has 3 aromatic rings. The normalized spacial score (nSPS) is 10.5. The van der Waals surface area contributed by atoms with Crippen molar-refractivity contribution in [2.24, 2.45) is 0 Å². The molecule has 1 heterocycles. The van der Waals surface area contributed by atoms with Crippen LogP contribution in [0, 0.1) is 6.92 Å². The highest BCUT2D eigenvalue weighted by molar-refractivity contribution is 6.30. The minimum absolute atomic E-state index is 0.528. The Labute approximate surface area is 165 Å². The monoisotopic (exact) mass is 381 g/mol. The number of aromatic nitrogens is 2. The van der Waals surface area contributed by atoms with Gasteiger partial charge in [-0.2, -0.15) is 4.98 Å². The number of aryl methyl sites for hydroxylation is 1. The van der Waals surface area contributed by atoms with Gasteiger partial charge in [-0.05, 0) is 74.9 Å². The summed E-state index contributed by atoms with van der Waals surface area (Å²) >= 11 is 5.92. The number of halogens is 1. The van der Waals surface area contributed by atoms with Crippen molar-refractivity contribution >= 4 is 40.4 Å². The SMILES string of the molecule is CCN(CC)c1ccc(Nc2ccnc(Nc3ccc(Cl)cc3)n2)c(C)c1. The maximum Gasteiger partial charge on any atom is 0.229 e. The smallest absolute Gasteiger partial charge is 0.229 e. The zero-order chi connectivity index (χ0) is 19.2. The number of hydrogen-bond donors (Lipinski definition) is 2. The van der Waals surface area contributed by atoms with Crippen molar-refractivity contribution in [2.45, 2.75) is 20.8 Å². The first-order valence-electron chi connectivity index (χ1n) is 9.07. The first kappa shape index (κ1) is 19.0. The summed E-state index contributed by atoms with van der Waals surface area (Å²) in [5, 5.41) is 7.26. The molecule has 0 aliphatic rings. The van der Waals surface area contributed by atoms with Crippen LogP contribution in [-0.2, 0) is 0 Å². The van der Waals surface area contributed by atoms with Crippen LogP contribution in [0.5, 0.6) is 0 Å². The molecule has 140 valence electrons. The lowest BCUT2D eigenvalue weighted by atomic mass is 10.1. The van der Waals surface area contributed by atoms with E-state index in [1.54, 1.807) is 6.20 Å².